The molecule has 0 radical (unpaired) electrons. The van der Waals surface area contributed by atoms with Gasteiger partial charge in [-0.05, 0) is 13.3 Å². The van der Waals surface area contributed by atoms with Crippen molar-refractivity contribution in [1.82, 2.24) is 9.78 Å². The Morgan fingerprint density at radius 2 is 2.38 bits per heavy atom. The SMILES string of the molecule is CCC(C)(O)COc1cnn(C)c1. The molecule has 0 bridgehead atoms. The number of nitrogens with zero attached hydrogens (tertiary/aromatic N) is 2. The second kappa shape index (κ2) is 3.79. The van der Waals surface area contributed by atoms with Gasteiger partial charge in [-0.25, -0.2) is 0 Å². The van der Waals surface area contributed by atoms with Crippen LogP contribution < -0.4 is 4.74 Å². The van der Waals surface area contributed by atoms with Crippen LogP contribution >= 0.6 is 0 Å². The highest BCUT2D eigenvalue weighted by Gasteiger charge is 2.18. The van der Waals surface area contributed by atoms with E-state index in [2.05, 4.69) is 5.10 Å². The Morgan fingerprint density at radius 1 is 1.69 bits per heavy atom. The molecule has 0 aromatic carbocycles. The van der Waals surface area contributed by atoms with E-state index in [0.29, 0.717) is 18.8 Å². The molecule has 0 amide bonds. The van der Waals surface area contributed by atoms with Crippen LogP contribution in [0.15, 0.2) is 12.4 Å². The predicted octanol–water partition coefficient (Wildman–Crippen LogP) is 0.960. The van der Waals surface area contributed by atoms with Gasteiger partial charge < -0.3 is 9.84 Å². The lowest BCUT2D eigenvalue weighted by Crippen LogP contribution is -2.31. The highest BCUT2D eigenvalue weighted by molar-refractivity contribution is 5.11. The molecule has 4 heteroatoms. The summed E-state index contributed by atoms with van der Waals surface area (Å²) in [6.45, 7) is 3.98. The quantitative estimate of drug-likeness (QED) is 0.758. The number of hydrogen-bond acceptors (Lipinski definition) is 3. The summed E-state index contributed by atoms with van der Waals surface area (Å²) in [6, 6.07) is 0. The summed E-state index contributed by atoms with van der Waals surface area (Å²) in [6.07, 6.45) is 4.07. The van der Waals surface area contributed by atoms with Crippen molar-refractivity contribution in [2.45, 2.75) is 25.9 Å². The zero-order valence-corrected chi connectivity index (χ0v) is 8.32. The van der Waals surface area contributed by atoms with Crippen LogP contribution in [0.5, 0.6) is 5.75 Å². The molecule has 1 aromatic heterocycles. The van der Waals surface area contributed by atoms with Crippen molar-refractivity contribution in [1.29, 1.82) is 0 Å². The first-order valence-corrected chi connectivity index (χ1v) is 4.37. The third-order valence-electron chi connectivity index (χ3n) is 1.99. The fourth-order valence-corrected chi connectivity index (χ4v) is 0.814. The largest absolute Gasteiger partial charge is 0.487 e. The van der Waals surface area contributed by atoms with E-state index in [0.717, 1.165) is 0 Å². The van der Waals surface area contributed by atoms with Crippen molar-refractivity contribution in [2.24, 2.45) is 7.05 Å². The molecule has 1 N–H and O–H groups in total. The molecule has 4 nitrogen and oxygen atoms in total. The van der Waals surface area contributed by atoms with Crippen LogP contribution in [-0.4, -0.2) is 27.1 Å². The summed E-state index contributed by atoms with van der Waals surface area (Å²) in [7, 11) is 1.82. The molecule has 13 heavy (non-hydrogen) atoms. The van der Waals surface area contributed by atoms with Crippen LogP contribution in [-0.2, 0) is 7.05 Å². The first-order valence-electron chi connectivity index (χ1n) is 4.37. The average molecular weight is 184 g/mol. The minimum Gasteiger partial charge on any atom is -0.487 e. The van der Waals surface area contributed by atoms with Crippen LogP contribution in [0.3, 0.4) is 0 Å². The maximum atomic E-state index is 9.64. The molecule has 0 saturated carbocycles. The number of ether oxygens (including phenoxy) is 1. The van der Waals surface area contributed by atoms with Crippen LogP contribution in [0.25, 0.3) is 0 Å². The first kappa shape index (κ1) is 10.1. The third kappa shape index (κ3) is 3.06. The van der Waals surface area contributed by atoms with Gasteiger partial charge in [-0.15, -0.1) is 0 Å². The van der Waals surface area contributed by atoms with E-state index in [4.69, 9.17) is 4.74 Å². The van der Waals surface area contributed by atoms with Gasteiger partial charge in [0.15, 0.2) is 5.75 Å². The van der Waals surface area contributed by atoms with E-state index in [1.54, 1.807) is 24.0 Å². The highest BCUT2D eigenvalue weighted by atomic mass is 16.5. The Kier molecular flexibility index (Phi) is 2.93. The Bertz CT molecular complexity index is 268. The summed E-state index contributed by atoms with van der Waals surface area (Å²) >= 11 is 0. The number of aryl methyl sites for hydroxylation is 1. The maximum absolute atomic E-state index is 9.64. The minimum atomic E-state index is -0.754. The third-order valence-corrected chi connectivity index (χ3v) is 1.99. The van der Waals surface area contributed by atoms with Crippen molar-refractivity contribution < 1.29 is 9.84 Å². The molecular formula is C9H16N2O2. The lowest BCUT2D eigenvalue weighted by atomic mass is 10.1. The van der Waals surface area contributed by atoms with Crippen LogP contribution in [0.1, 0.15) is 20.3 Å². The van der Waals surface area contributed by atoms with Crippen LogP contribution in [0.2, 0.25) is 0 Å². The zero-order chi connectivity index (χ0) is 9.90. The molecule has 0 aliphatic carbocycles. The van der Waals surface area contributed by atoms with E-state index in [1.165, 1.54) is 0 Å². The smallest absolute Gasteiger partial charge is 0.157 e. The van der Waals surface area contributed by atoms with Gasteiger partial charge in [0, 0.05) is 7.05 Å². The normalized spacial score (nSPS) is 15.4. The molecule has 0 saturated heterocycles. The van der Waals surface area contributed by atoms with Crippen LogP contribution in [0.4, 0.5) is 0 Å². The second-order valence-corrected chi connectivity index (χ2v) is 3.49. The molecule has 0 fully saturated rings. The van der Waals surface area contributed by atoms with Gasteiger partial charge in [0.25, 0.3) is 0 Å². The molecule has 0 aliphatic rings. The lowest BCUT2D eigenvalue weighted by Gasteiger charge is -2.20. The van der Waals surface area contributed by atoms with Crippen molar-refractivity contribution in [3.63, 3.8) is 0 Å². The van der Waals surface area contributed by atoms with E-state index < -0.39 is 5.60 Å². The number of rotatable bonds is 4. The lowest BCUT2D eigenvalue weighted by molar-refractivity contribution is 0.00845. The average Bonchev–Trinajstić information content (AvgIpc) is 2.48. The summed E-state index contributed by atoms with van der Waals surface area (Å²) < 4.78 is 7.01. The van der Waals surface area contributed by atoms with Crippen molar-refractivity contribution in [2.75, 3.05) is 6.61 Å². The van der Waals surface area contributed by atoms with E-state index >= 15 is 0 Å². The predicted molar refractivity (Wildman–Crippen MR) is 49.6 cm³/mol. The molecular weight excluding hydrogens is 168 g/mol. The van der Waals surface area contributed by atoms with Gasteiger partial charge in [-0.2, -0.15) is 5.10 Å². The molecule has 1 heterocycles. The van der Waals surface area contributed by atoms with Gasteiger partial charge in [0.2, 0.25) is 0 Å². The Balaban J connectivity index is 2.43. The summed E-state index contributed by atoms with van der Waals surface area (Å²) in [5.74, 6) is 0.691. The van der Waals surface area contributed by atoms with E-state index in [-0.39, 0.29) is 0 Å². The number of hydrogen-bond donors (Lipinski definition) is 1. The van der Waals surface area contributed by atoms with Gasteiger partial charge in [-0.1, -0.05) is 6.92 Å². The topological polar surface area (TPSA) is 47.3 Å². The minimum absolute atomic E-state index is 0.301. The summed E-state index contributed by atoms with van der Waals surface area (Å²) in [5.41, 5.74) is -0.754. The van der Waals surface area contributed by atoms with E-state index in [1.807, 2.05) is 14.0 Å². The Labute approximate surface area is 78.1 Å². The fourth-order valence-electron chi connectivity index (χ4n) is 0.814. The highest BCUT2D eigenvalue weighted by Crippen LogP contribution is 2.13. The molecule has 1 unspecified atom stereocenters. The van der Waals surface area contributed by atoms with Crippen molar-refractivity contribution >= 4 is 0 Å². The number of aliphatic hydroxyl groups is 1. The summed E-state index contributed by atoms with van der Waals surface area (Å²) in [5, 5.41) is 13.6. The zero-order valence-electron chi connectivity index (χ0n) is 8.32. The Hall–Kier alpha value is -1.03. The first-order chi connectivity index (χ1) is 6.03. The molecule has 74 valence electrons. The second-order valence-electron chi connectivity index (χ2n) is 3.49. The van der Waals surface area contributed by atoms with Crippen molar-refractivity contribution in [3.05, 3.63) is 12.4 Å². The van der Waals surface area contributed by atoms with Crippen molar-refractivity contribution in [3.8, 4) is 5.75 Å². The fraction of sp³-hybridized carbons (Fsp3) is 0.667. The Morgan fingerprint density at radius 3 is 2.85 bits per heavy atom. The molecule has 0 aliphatic heterocycles. The molecule has 0 spiro atoms. The standard InChI is InChI=1S/C9H16N2O2/c1-4-9(2,12)7-13-8-5-10-11(3)6-8/h5-6,12H,4,7H2,1-3H3. The van der Waals surface area contributed by atoms with E-state index in [9.17, 15) is 5.11 Å². The monoisotopic (exact) mass is 184 g/mol. The van der Waals surface area contributed by atoms with Gasteiger partial charge >= 0.3 is 0 Å². The summed E-state index contributed by atoms with van der Waals surface area (Å²) in [4.78, 5) is 0. The maximum Gasteiger partial charge on any atom is 0.157 e. The molecule has 1 rings (SSSR count). The van der Waals surface area contributed by atoms with Gasteiger partial charge in [-0.3, -0.25) is 4.68 Å². The molecule has 1 atom stereocenters. The number of aromatic nitrogens is 2. The van der Waals surface area contributed by atoms with Crippen LogP contribution in [0, 0.1) is 0 Å². The van der Waals surface area contributed by atoms with Gasteiger partial charge in [0.05, 0.1) is 18.0 Å². The molecule has 1 aromatic rings. The van der Waals surface area contributed by atoms with Gasteiger partial charge in [0.1, 0.15) is 6.61 Å².